The largest absolute Gasteiger partial charge is 0.381 e. The molecule has 2 aromatic rings. The molecule has 0 unspecified atom stereocenters. The van der Waals surface area contributed by atoms with E-state index in [9.17, 15) is 4.79 Å². The summed E-state index contributed by atoms with van der Waals surface area (Å²) in [6, 6.07) is 16.8. The highest BCUT2D eigenvalue weighted by atomic mass is 16.5. The lowest BCUT2D eigenvalue weighted by atomic mass is 9.79. The summed E-state index contributed by atoms with van der Waals surface area (Å²) in [5, 5.41) is 3.05. The number of aryl methyl sites for hydroxylation is 1. The van der Waals surface area contributed by atoms with Gasteiger partial charge in [0, 0.05) is 26.3 Å². The maximum absolute atomic E-state index is 12.6. The van der Waals surface area contributed by atoms with Crippen LogP contribution in [-0.4, -0.2) is 25.7 Å². The van der Waals surface area contributed by atoms with Crippen LogP contribution in [0.1, 0.15) is 24.0 Å². The van der Waals surface area contributed by atoms with Crippen molar-refractivity contribution in [2.75, 3.05) is 19.8 Å². The summed E-state index contributed by atoms with van der Waals surface area (Å²) >= 11 is 0. The highest BCUT2D eigenvalue weighted by Crippen LogP contribution is 2.29. The van der Waals surface area contributed by atoms with Crippen LogP contribution in [0, 0.1) is 12.3 Å². The van der Waals surface area contributed by atoms with Gasteiger partial charge in [0.2, 0.25) is 5.91 Å². The van der Waals surface area contributed by atoms with Crippen LogP contribution >= 0.6 is 0 Å². The zero-order valence-corrected chi connectivity index (χ0v) is 14.8. The Balaban J connectivity index is 1.63. The van der Waals surface area contributed by atoms with Crippen LogP contribution in [0.4, 0.5) is 0 Å². The first kappa shape index (κ1) is 17.6. The lowest BCUT2D eigenvalue weighted by Crippen LogP contribution is -2.48. The van der Waals surface area contributed by atoms with E-state index in [0.29, 0.717) is 39.1 Å². The van der Waals surface area contributed by atoms with E-state index in [0.717, 1.165) is 5.56 Å². The molecule has 1 aliphatic rings. The number of rotatable bonds is 5. The number of benzene rings is 2. The van der Waals surface area contributed by atoms with E-state index in [1.807, 2.05) is 0 Å². The van der Waals surface area contributed by atoms with E-state index in [1.54, 1.807) is 0 Å². The second-order valence-electron chi connectivity index (χ2n) is 6.85. The van der Waals surface area contributed by atoms with Crippen molar-refractivity contribution in [3.05, 3.63) is 59.7 Å². The predicted octanol–water partition coefficient (Wildman–Crippen LogP) is 3.03. The predicted molar refractivity (Wildman–Crippen MR) is 100 cm³/mol. The molecule has 0 aliphatic carbocycles. The smallest absolute Gasteiger partial charge is 0.227 e. The highest BCUT2D eigenvalue weighted by molar-refractivity contribution is 5.83. The van der Waals surface area contributed by atoms with Crippen LogP contribution in [0.25, 0.3) is 11.1 Å². The first-order valence-electron chi connectivity index (χ1n) is 8.85. The fourth-order valence-electron chi connectivity index (χ4n) is 3.30. The number of carbonyl (C=O) groups excluding carboxylic acids is 1. The Morgan fingerprint density at radius 1 is 1.12 bits per heavy atom. The van der Waals surface area contributed by atoms with Crippen LogP contribution in [0.5, 0.6) is 0 Å². The topological polar surface area (TPSA) is 64.4 Å². The van der Waals surface area contributed by atoms with Crippen LogP contribution in [-0.2, 0) is 16.1 Å². The molecule has 0 saturated carbocycles. The molecular weight excluding hydrogens is 312 g/mol. The van der Waals surface area contributed by atoms with Gasteiger partial charge in [-0.1, -0.05) is 54.1 Å². The Morgan fingerprint density at radius 3 is 2.48 bits per heavy atom. The van der Waals surface area contributed by atoms with Crippen molar-refractivity contribution in [1.82, 2.24) is 5.32 Å². The standard InChI is InChI=1S/C21H26N2O2/c1-16-3-2-4-19(13-16)18-7-5-17(6-8-18)14-23-20(24)21(15-22)9-11-25-12-10-21/h2-8,13H,9-12,14-15,22H2,1H3,(H,23,24). The summed E-state index contributed by atoms with van der Waals surface area (Å²) in [6.07, 6.45) is 1.39. The first-order chi connectivity index (χ1) is 12.1. The van der Waals surface area contributed by atoms with Crippen molar-refractivity contribution in [2.24, 2.45) is 11.1 Å². The molecule has 1 heterocycles. The van der Waals surface area contributed by atoms with Crippen molar-refractivity contribution in [2.45, 2.75) is 26.3 Å². The molecule has 3 N–H and O–H groups in total. The van der Waals surface area contributed by atoms with E-state index >= 15 is 0 Å². The normalized spacial score (nSPS) is 16.4. The number of hydrogen-bond donors (Lipinski definition) is 2. The average Bonchev–Trinajstić information content (AvgIpc) is 2.67. The third-order valence-electron chi connectivity index (χ3n) is 5.08. The van der Waals surface area contributed by atoms with Gasteiger partial charge < -0.3 is 15.8 Å². The maximum Gasteiger partial charge on any atom is 0.227 e. The van der Waals surface area contributed by atoms with Gasteiger partial charge in [0.05, 0.1) is 5.41 Å². The minimum atomic E-state index is -0.472. The van der Waals surface area contributed by atoms with Crippen LogP contribution < -0.4 is 11.1 Å². The number of ether oxygens (including phenoxy) is 1. The average molecular weight is 338 g/mol. The second-order valence-corrected chi connectivity index (χ2v) is 6.85. The molecule has 1 aliphatic heterocycles. The quantitative estimate of drug-likeness (QED) is 0.881. The molecule has 4 nitrogen and oxygen atoms in total. The molecule has 0 atom stereocenters. The van der Waals surface area contributed by atoms with Gasteiger partial charge in [-0.25, -0.2) is 0 Å². The monoisotopic (exact) mass is 338 g/mol. The Bertz CT molecular complexity index is 719. The fraction of sp³-hybridized carbons (Fsp3) is 0.381. The summed E-state index contributed by atoms with van der Waals surface area (Å²) in [5.41, 5.74) is 10.1. The summed E-state index contributed by atoms with van der Waals surface area (Å²) in [5.74, 6) is 0.0426. The summed E-state index contributed by atoms with van der Waals surface area (Å²) in [6.45, 7) is 4.20. The zero-order chi connectivity index (χ0) is 17.7. The lowest BCUT2D eigenvalue weighted by Gasteiger charge is -2.34. The minimum absolute atomic E-state index is 0.0426. The van der Waals surface area contributed by atoms with Gasteiger partial charge in [0.15, 0.2) is 0 Å². The van der Waals surface area contributed by atoms with Gasteiger partial charge in [-0.3, -0.25) is 4.79 Å². The Labute approximate surface area is 149 Å². The van der Waals surface area contributed by atoms with Crippen molar-refractivity contribution in [3.63, 3.8) is 0 Å². The van der Waals surface area contributed by atoms with Crippen LogP contribution in [0.15, 0.2) is 48.5 Å². The third-order valence-corrected chi connectivity index (χ3v) is 5.08. The van der Waals surface area contributed by atoms with Crippen LogP contribution in [0.2, 0.25) is 0 Å². The summed E-state index contributed by atoms with van der Waals surface area (Å²) < 4.78 is 5.37. The van der Waals surface area contributed by atoms with Crippen molar-refractivity contribution in [1.29, 1.82) is 0 Å². The molecule has 0 bridgehead atoms. The van der Waals surface area contributed by atoms with E-state index < -0.39 is 5.41 Å². The molecule has 4 heteroatoms. The molecule has 1 fully saturated rings. The Morgan fingerprint density at radius 2 is 1.84 bits per heavy atom. The number of nitrogens with one attached hydrogen (secondary N) is 1. The molecule has 0 radical (unpaired) electrons. The van der Waals surface area contributed by atoms with Crippen LogP contribution in [0.3, 0.4) is 0 Å². The molecule has 2 aromatic carbocycles. The molecule has 3 rings (SSSR count). The van der Waals surface area contributed by atoms with E-state index in [1.165, 1.54) is 16.7 Å². The zero-order valence-electron chi connectivity index (χ0n) is 14.8. The van der Waals surface area contributed by atoms with Crippen molar-refractivity contribution < 1.29 is 9.53 Å². The lowest BCUT2D eigenvalue weighted by molar-refractivity contribution is -0.136. The fourth-order valence-corrected chi connectivity index (χ4v) is 3.30. The van der Waals surface area contributed by atoms with Gasteiger partial charge in [-0.15, -0.1) is 0 Å². The van der Waals surface area contributed by atoms with Gasteiger partial charge >= 0.3 is 0 Å². The van der Waals surface area contributed by atoms with Gasteiger partial charge in [-0.2, -0.15) is 0 Å². The Hall–Kier alpha value is -2.17. The van der Waals surface area contributed by atoms with Gasteiger partial charge in [0.25, 0.3) is 0 Å². The van der Waals surface area contributed by atoms with E-state index in [2.05, 4.69) is 60.8 Å². The summed E-state index contributed by atoms with van der Waals surface area (Å²) in [7, 11) is 0. The maximum atomic E-state index is 12.6. The molecule has 0 spiro atoms. The first-order valence-corrected chi connectivity index (χ1v) is 8.85. The second kappa shape index (κ2) is 7.81. The van der Waals surface area contributed by atoms with Crippen molar-refractivity contribution >= 4 is 5.91 Å². The van der Waals surface area contributed by atoms with Gasteiger partial charge in [0.1, 0.15) is 0 Å². The molecular formula is C21H26N2O2. The SMILES string of the molecule is Cc1cccc(-c2ccc(CNC(=O)C3(CN)CCOCC3)cc2)c1. The number of carbonyl (C=O) groups is 1. The third kappa shape index (κ3) is 4.09. The van der Waals surface area contributed by atoms with E-state index in [-0.39, 0.29) is 5.91 Å². The number of hydrogen-bond acceptors (Lipinski definition) is 3. The number of nitrogens with two attached hydrogens (primary N) is 1. The van der Waals surface area contributed by atoms with Crippen molar-refractivity contribution in [3.8, 4) is 11.1 Å². The Kier molecular flexibility index (Phi) is 5.51. The highest BCUT2D eigenvalue weighted by Gasteiger charge is 2.38. The molecule has 132 valence electrons. The van der Waals surface area contributed by atoms with E-state index in [4.69, 9.17) is 10.5 Å². The molecule has 1 amide bonds. The molecule has 0 aromatic heterocycles. The van der Waals surface area contributed by atoms with Gasteiger partial charge in [-0.05, 0) is 36.5 Å². The molecule has 25 heavy (non-hydrogen) atoms. The molecule has 1 saturated heterocycles. The minimum Gasteiger partial charge on any atom is -0.381 e. The summed E-state index contributed by atoms with van der Waals surface area (Å²) in [4.78, 5) is 12.6. The number of amides is 1.